The summed E-state index contributed by atoms with van der Waals surface area (Å²) < 4.78 is 8.12. The third kappa shape index (κ3) is 2.88. The van der Waals surface area contributed by atoms with Crippen LogP contribution in [0.2, 0.25) is 0 Å². The number of hydrogen-bond donors (Lipinski definition) is 0. The Balaban J connectivity index is 2.55. The van der Waals surface area contributed by atoms with Gasteiger partial charge in [-0.15, -0.1) is 0 Å². The van der Waals surface area contributed by atoms with Gasteiger partial charge in [-0.1, -0.05) is 40.7 Å². The number of pyridine rings is 1. The minimum atomic E-state index is 0.118. The summed E-state index contributed by atoms with van der Waals surface area (Å²) in [5.74, 6) is 0.837. The highest BCUT2D eigenvalue weighted by atomic mass is 16.5. The van der Waals surface area contributed by atoms with Gasteiger partial charge in [-0.05, 0) is 30.4 Å². The molecule has 1 unspecified atom stereocenters. The van der Waals surface area contributed by atoms with Crippen LogP contribution in [0.4, 0.5) is 0 Å². The Bertz CT molecular complexity index is 557. The van der Waals surface area contributed by atoms with E-state index in [9.17, 15) is 0 Å². The quantitative estimate of drug-likeness (QED) is 0.770. The maximum Gasteiger partial charge on any atom is 0.0887 e. The lowest BCUT2D eigenvalue weighted by Gasteiger charge is -2.23. The Morgan fingerprint density at radius 1 is 1.20 bits per heavy atom. The lowest BCUT2D eigenvalue weighted by molar-refractivity contribution is 0.0216. The van der Waals surface area contributed by atoms with Crippen LogP contribution in [0.15, 0.2) is 24.4 Å². The first kappa shape index (κ1) is 15.0. The van der Waals surface area contributed by atoms with Crippen molar-refractivity contribution in [1.29, 1.82) is 0 Å². The van der Waals surface area contributed by atoms with Gasteiger partial charge >= 0.3 is 0 Å². The predicted octanol–water partition coefficient (Wildman–Crippen LogP) is 4.58. The molecule has 2 aromatic heterocycles. The molecule has 0 fully saturated rings. The SMILES string of the molecule is CCCOC(c1c(C(C)C)nn2ccccc12)C(C)C. The van der Waals surface area contributed by atoms with Gasteiger partial charge < -0.3 is 4.74 Å². The minimum absolute atomic E-state index is 0.118. The molecule has 0 amide bonds. The van der Waals surface area contributed by atoms with E-state index < -0.39 is 0 Å². The zero-order valence-corrected chi connectivity index (χ0v) is 13.3. The second-order valence-corrected chi connectivity index (χ2v) is 6.02. The molecule has 0 saturated heterocycles. The van der Waals surface area contributed by atoms with E-state index in [1.807, 2.05) is 16.8 Å². The summed E-state index contributed by atoms with van der Waals surface area (Å²) in [5, 5.41) is 4.76. The van der Waals surface area contributed by atoms with Crippen molar-refractivity contribution in [2.45, 2.75) is 53.1 Å². The molecule has 0 N–H and O–H groups in total. The van der Waals surface area contributed by atoms with E-state index in [4.69, 9.17) is 9.84 Å². The Kier molecular flexibility index (Phi) is 4.81. The fourth-order valence-electron chi connectivity index (χ4n) is 2.61. The molecular weight excluding hydrogens is 248 g/mol. The second kappa shape index (κ2) is 6.40. The molecule has 0 aliphatic rings. The monoisotopic (exact) mass is 274 g/mol. The van der Waals surface area contributed by atoms with E-state index in [2.05, 4.69) is 46.8 Å². The first-order valence-electron chi connectivity index (χ1n) is 7.65. The van der Waals surface area contributed by atoms with E-state index in [1.54, 1.807) is 0 Å². The van der Waals surface area contributed by atoms with Gasteiger partial charge in [0.15, 0.2) is 0 Å². The van der Waals surface area contributed by atoms with E-state index in [-0.39, 0.29) is 6.10 Å². The normalized spacial score (nSPS) is 13.6. The molecule has 0 aliphatic carbocycles. The molecule has 1 atom stereocenters. The van der Waals surface area contributed by atoms with Crippen molar-refractivity contribution >= 4 is 5.52 Å². The van der Waals surface area contributed by atoms with Gasteiger partial charge in [0.1, 0.15) is 0 Å². The number of fused-ring (bicyclic) bond motifs is 1. The van der Waals surface area contributed by atoms with Gasteiger partial charge in [0, 0.05) is 18.4 Å². The van der Waals surface area contributed by atoms with E-state index >= 15 is 0 Å². The van der Waals surface area contributed by atoms with Crippen molar-refractivity contribution in [2.75, 3.05) is 6.61 Å². The van der Waals surface area contributed by atoms with Gasteiger partial charge in [-0.3, -0.25) is 0 Å². The van der Waals surface area contributed by atoms with E-state index in [0.717, 1.165) is 18.7 Å². The minimum Gasteiger partial charge on any atom is -0.373 e. The first-order valence-corrected chi connectivity index (χ1v) is 7.65. The van der Waals surface area contributed by atoms with Crippen molar-refractivity contribution < 1.29 is 4.74 Å². The molecule has 2 heterocycles. The van der Waals surface area contributed by atoms with Crippen molar-refractivity contribution in [3.8, 4) is 0 Å². The van der Waals surface area contributed by atoms with Crippen molar-refractivity contribution in [2.24, 2.45) is 5.92 Å². The highest BCUT2D eigenvalue weighted by molar-refractivity contribution is 5.58. The van der Waals surface area contributed by atoms with Crippen LogP contribution < -0.4 is 0 Å². The predicted molar refractivity (Wildman–Crippen MR) is 83.1 cm³/mol. The fourth-order valence-corrected chi connectivity index (χ4v) is 2.61. The van der Waals surface area contributed by atoms with Gasteiger partial charge in [-0.2, -0.15) is 5.10 Å². The summed E-state index contributed by atoms with van der Waals surface area (Å²) >= 11 is 0. The van der Waals surface area contributed by atoms with Crippen molar-refractivity contribution in [1.82, 2.24) is 9.61 Å². The van der Waals surface area contributed by atoms with Gasteiger partial charge in [0.05, 0.1) is 17.3 Å². The van der Waals surface area contributed by atoms with Crippen molar-refractivity contribution in [3.05, 3.63) is 35.7 Å². The lowest BCUT2D eigenvalue weighted by Crippen LogP contribution is -2.14. The van der Waals surface area contributed by atoms with Crippen LogP contribution in [-0.4, -0.2) is 16.2 Å². The summed E-state index contributed by atoms with van der Waals surface area (Å²) in [4.78, 5) is 0. The summed E-state index contributed by atoms with van der Waals surface area (Å²) in [6.07, 6.45) is 3.17. The summed E-state index contributed by atoms with van der Waals surface area (Å²) in [6.45, 7) is 11.8. The zero-order valence-electron chi connectivity index (χ0n) is 13.3. The standard InChI is InChI=1S/C17H26N2O/c1-6-11-20-17(13(4)5)15-14-9-7-8-10-19(14)18-16(15)12(2)3/h7-10,12-13,17H,6,11H2,1-5H3. The second-order valence-electron chi connectivity index (χ2n) is 6.02. The highest BCUT2D eigenvalue weighted by Gasteiger charge is 2.26. The molecule has 0 bridgehead atoms. The molecule has 20 heavy (non-hydrogen) atoms. The highest BCUT2D eigenvalue weighted by Crippen LogP contribution is 2.35. The zero-order chi connectivity index (χ0) is 14.7. The Hall–Kier alpha value is -1.35. The summed E-state index contributed by atoms with van der Waals surface area (Å²) in [7, 11) is 0. The topological polar surface area (TPSA) is 26.5 Å². The van der Waals surface area contributed by atoms with Crippen LogP contribution in [-0.2, 0) is 4.74 Å². The smallest absolute Gasteiger partial charge is 0.0887 e. The van der Waals surface area contributed by atoms with Crippen LogP contribution >= 0.6 is 0 Å². The van der Waals surface area contributed by atoms with E-state index in [0.29, 0.717) is 11.8 Å². The van der Waals surface area contributed by atoms with Crippen LogP contribution in [0.3, 0.4) is 0 Å². The molecule has 110 valence electrons. The lowest BCUT2D eigenvalue weighted by atomic mass is 9.93. The maximum atomic E-state index is 6.14. The summed E-state index contributed by atoms with van der Waals surface area (Å²) in [5.41, 5.74) is 3.60. The van der Waals surface area contributed by atoms with Gasteiger partial charge in [0.25, 0.3) is 0 Å². The van der Waals surface area contributed by atoms with Gasteiger partial charge in [-0.25, -0.2) is 4.52 Å². The molecular formula is C17H26N2O. The molecule has 0 spiro atoms. The molecule has 0 saturated carbocycles. The maximum absolute atomic E-state index is 6.14. The first-order chi connectivity index (χ1) is 9.56. The third-order valence-corrected chi connectivity index (χ3v) is 3.55. The average Bonchev–Trinajstić information content (AvgIpc) is 2.79. The molecule has 2 aromatic rings. The summed E-state index contributed by atoms with van der Waals surface area (Å²) in [6, 6.07) is 6.23. The van der Waals surface area contributed by atoms with Gasteiger partial charge in [0.2, 0.25) is 0 Å². The Morgan fingerprint density at radius 2 is 1.95 bits per heavy atom. The Labute approximate surface area is 122 Å². The third-order valence-electron chi connectivity index (χ3n) is 3.55. The Morgan fingerprint density at radius 3 is 2.55 bits per heavy atom. The number of hydrogen-bond acceptors (Lipinski definition) is 2. The number of rotatable bonds is 6. The molecule has 2 rings (SSSR count). The van der Waals surface area contributed by atoms with Crippen LogP contribution in [0, 0.1) is 5.92 Å². The van der Waals surface area contributed by atoms with Crippen molar-refractivity contribution in [3.63, 3.8) is 0 Å². The molecule has 0 radical (unpaired) electrons. The van der Waals surface area contributed by atoms with Crippen LogP contribution in [0.5, 0.6) is 0 Å². The molecule has 3 heteroatoms. The average molecular weight is 274 g/mol. The number of ether oxygens (including phenoxy) is 1. The van der Waals surface area contributed by atoms with Crippen LogP contribution in [0.1, 0.15) is 64.3 Å². The largest absolute Gasteiger partial charge is 0.373 e. The van der Waals surface area contributed by atoms with Crippen LogP contribution in [0.25, 0.3) is 5.52 Å². The molecule has 3 nitrogen and oxygen atoms in total. The fraction of sp³-hybridized carbons (Fsp3) is 0.588. The molecule has 0 aromatic carbocycles. The number of aromatic nitrogens is 2. The molecule has 0 aliphatic heterocycles. The van der Waals surface area contributed by atoms with E-state index in [1.165, 1.54) is 11.1 Å². The number of nitrogens with zero attached hydrogens (tertiary/aromatic N) is 2.